The molecule has 0 aliphatic rings. The van der Waals surface area contributed by atoms with Crippen molar-refractivity contribution in [2.24, 2.45) is 5.92 Å². The van der Waals surface area contributed by atoms with Gasteiger partial charge in [-0.1, -0.05) is 51.7 Å². The first kappa shape index (κ1) is 13.2. The van der Waals surface area contributed by atoms with Gasteiger partial charge in [0.15, 0.2) is 0 Å². The highest BCUT2D eigenvalue weighted by molar-refractivity contribution is 5.72. The van der Waals surface area contributed by atoms with E-state index < -0.39 is 5.97 Å². The third-order valence-corrected chi connectivity index (χ3v) is 2.28. The molecule has 0 rings (SSSR count). The van der Waals surface area contributed by atoms with Gasteiger partial charge >= 0.3 is 5.97 Å². The van der Waals surface area contributed by atoms with Crippen molar-refractivity contribution < 1.29 is 9.90 Å². The van der Waals surface area contributed by atoms with Gasteiger partial charge in [0.25, 0.3) is 0 Å². The zero-order chi connectivity index (χ0) is 10.8. The van der Waals surface area contributed by atoms with Crippen LogP contribution in [-0.2, 0) is 4.79 Å². The fourth-order valence-electron chi connectivity index (χ4n) is 1.31. The van der Waals surface area contributed by atoms with Gasteiger partial charge in [-0.3, -0.25) is 4.79 Å². The molecule has 0 aromatic rings. The van der Waals surface area contributed by atoms with Crippen LogP contribution >= 0.6 is 0 Å². The van der Waals surface area contributed by atoms with Gasteiger partial charge in [-0.2, -0.15) is 0 Å². The van der Waals surface area contributed by atoms with E-state index in [9.17, 15) is 4.79 Å². The number of carboxylic acid groups (broad SMARTS) is 1. The van der Waals surface area contributed by atoms with Gasteiger partial charge < -0.3 is 5.11 Å². The lowest BCUT2D eigenvalue weighted by molar-refractivity contribution is -0.140. The van der Waals surface area contributed by atoms with E-state index in [4.69, 9.17) is 5.11 Å². The minimum Gasteiger partial charge on any atom is -0.481 e. The fourth-order valence-corrected chi connectivity index (χ4v) is 1.31. The van der Waals surface area contributed by atoms with Gasteiger partial charge in [-0.05, 0) is 12.8 Å². The van der Waals surface area contributed by atoms with Crippen molar-refractivity contribution >= 4 is 5.97 Å². The summed E-state index contributed by atoms with van der Waals surface area (Å²) < 4.78 is 0. The summed E-state index contributed by atoms with van der Waals surface area (Å²) in [7, 11) is 0. The number of hydrogen-bond acceptors (Lipinski definition) is 1. The largest absolute Gasteiger partial charge is 0.481 e. The molecule has 0 heterocycles. The molecule has 0 aromatic carbocycles. The van der Waals surface area contributed by atoms with Crippen molar-refractivity contribution in [2.45, 2.75) is 52.4 Å². The van der Waals surface area contributed by atoms with Crippen LogP contribution in [0.3, 0.4) is 0 Å². The zero-order valence-electron chi connectivity index (χ0n) is 9.33. The van der Waals surface area contributed by atoms with Gasteiger partial charge in [0.2, 0.25) is 0 Å². The Hall–Kier alpha value is -0.790. The number of aliphatic carboxylic acids is 1. The van der Waals surface area contributed by atoms with E-state index in [-0.39, 0.29) is 5.92 Å². The number of unbranched alkanes of at least 4 members (excludes halogenated alkanes) is 3. The predicted molar refractivity (Wildman–Crippen MR) is 59.3 cm³/mol. The second kappa shape index (κ2) is 8.79. The van der Waals surface area contributed by atoms with E-state index in [0.29, 0.717) is 0 Å². The van der Waals surface area contributed by atoms with Crippen molar-refractivity contribution in [3.63, 3.8) is 0 Å². The molecule has 1 atom stereocenters. The molecule has 0 amide bonds. The predicted octanol–water partition coefficient (Wildman–Crippen LogP) is 3.62. The van der Waals surface area contributed by atoms with Crippen molar-refractivity contribution in [3.8, 4) is 0 Å². The SMILES string of the molecule is CCCCC=CC(CCCC)C(=O)O. The van der Waals surface area contributed by atoms with Crippen LogP contribution in [0.15, 0.2) is 12.2 Å². The molecule has 0 aromatic heterocycles. The molecular weight excluding hydrogens is 176 g/mol. The standard InChI is InChI=1S/C12H22O2/c1-3-5-7-8-10-11(12(13)14)9-6-4-2/h8,10-11H,3-7,9H2,1-2H3,(H,13,14). The molecule has 0 saturated carbocycles. The average molecular weight is 198 g/mol. The molecule has 2 heteroatoms. The number of hydrogen-bond donors (Lipinski definition) is 1. The lowest BCUT2D eigenvalue weighted by Gasteiger charge is -2.05. The van der Waals surface area contributed by atoms with E-state index in [1.807, 2.05) is 12.2 Å². The van der Waals surface area contributed by atoms with Gasteiger partial charge in [0, 0.05) is 0 Å². The number of allylic oxidation sites excluding steroid dienone is 1. The van der Waals surface area contributed by atoms with Crippen LogP contribution in [0.5, 0.6) is 0 Å². The van der Waals surface area contributed by atoms with Gasteiger partial charge in [-0.25, -0.2) is 0 Å². The maximum absolute atomic E-state index is 10.8. The van der Waals surface area contributed by atoms with Crippen LogP contribution in [0.25, 0.3) is 0 Å². The number of carbonyl (C=O) groups is 1. The Bertz CT molecular complexity index is 173. The third-order valence-electron chi connectivity index (χ3n) is 2.28. The van der Waals surface area contributed by atoms with Crippen LogP contribution in [0, 0.1) is 5.92 Å². The summed E-state index contributed by atoms with van der Waals surface area (Å²) in [6.45, 7) is 4.22. The van der Waals surface area contributed by atoms with E-state index in [2.05, 4.69) is 13.8 Å². The second-order valence-corrected chi connectivity index (χ2v) is 3.66. The third kappa shape index (κ3) is 6.70. The molecule has 82 valence electrons. The summed E-state index contributed by atoms with van der Waals surface area (Å²) in [5.74, 6) is -0.960. The maximum atomic E-state index is 10.8. The number of carboxylic acids is 1. The molecule has 0 aliphatic carbocycles. The molecular formula is C12H22O2. The van der Waals surface area contributed by atoms with E-state index in [1.54, 1.807) is 0 Å². The summed E-state index contributed by atoms with van der Waals surface area (Å²) in [5.41, 5.74) is 0. The van der Waals surface area contributed by atoms with E-state index >= 15 is 0 Å². The van der Waals surface area contributed by atoms with Crippen LogP contribution in [-0.4, -0.2) is 11.1 Å². The summed E-state index contributed by atoms with van der Waals surface area (Å²) in [6.07, 6.45) is 10.0. The Kier molecular flexibility index (Phi) is 8.30. The maximum Gasteiger partial charge on any atom is 0.310 e. The molecule has 1 unspecified atom stereocenters. The van der Waals surface area contributed by atoms with Gasteiger partial charge in [0.05, 0.1) is 5.92 Å². The minimum atomic E-state index is -0.689. The average Bonchev–Trinajstić information content (AvgIpc) is 2.16. The lowest BCUT2D eigenvalue weighted by atomic mass is 10.0. The first-order valence-electron chi connectivity index (χ1n) is 5.61. The Labute approximate surface area is 87.0 Å². The van der Waals surface area contributed by atoms with Crippen LogP contribution in [0.4, 0.5) is 0 Å². The monoisotopic (exact) mass is 198 g/mol. The van der Waals surface area contributed by atoms with Crippen LogP contribution in [0.2, 0.25) is 0 Å². The fraction of sp³-hybridized carbons (Fsp3) is 0.750. The molecule has 1 N–H and O–H groups in total. The van der Waals surface area contributed by atoms with Gasteiger partial charge in [0.1, 0.15) is 0 Å². The van der Waals surface area contributed by atoms with Gasteiger partial charge in [-0.15, -0.1) is 0 Å². The summed E-state index contributed by atoms with van der Waals surface area (Å²) in [4.78, 5) is 10.8. The first-order valence-corrected chi connectivity index (χ1v) is 5.61. The molecule has 0 aliphatic heterocycles. The molecule has 0 spiro atoms. The summed E-state index contributed by atoms with van der Waals surface area (Å²) >= 11 is 0. The summed E-state index contributed by atoms with van der Waals surface area (Å²) in [5, 5.41) is 8.91. The van der Waals surface area contributed by atoms with E-state index in [1.165, 1.54) is 0 Å². The zero-order valence-corrected chi connectivity index (χ0v) is 9.33. The lowest BCUT2D eigenvalue weighted by Crippen LogP contribution is -2.10. The second-order valence-electron chi connectivity index (χ2n) is 3.66. The van der Waals surface area contributed by atoms with E-state index in [0.717, 1.165) is 38.5 Å². The molecule has 0 saturated heterocycles. The Morgan fingerprint density at radius 1 is 1.29 bits per heavy atom. The minimum absolute atomic E-state index is 0.271. The smallest absolute Gasteiger partial charge is 0.310 e. The Morgan fingerprint density at radius 3 is 2.43 bits per heavy atom. The van der Waals surface area contributed by atoms with Crippen LogP contribution < -0.4 is 0 Å². The quantitative estimate of drug-likeness (QED) is 0.477. The topological polar surface area (TPSA) is 37.3 Å². The van der Waals surface area contributed by atoms with Crippen molar-refractivity contribution in [2.75, 3.05) is 0 Å². The molecule has 0 bridgehead atoms. The molecule has 0 fully saturated rings. The highest BCUT2D eigenvalue weighted by atomic mass is 16.4. The highest BCUT2D eigenvalue weighted by Crippen LogP contribution is 2.11. The number of rotatable bonds is 8. The van der Waals surface area contributed by atoms with Crippen LogP contribution in [0.1, 0.15) is 52.4 Å². The van der Waals surface area contributed by atoms with Crippen molar-refractivity contribution in [1.82, 2.24) is 0 Å². The highest BCUT2D eigenvalue weighted by Gasteiger charge is 2.11. The van der Waals surface area contributed by atoms with Crippen molar-refractivity contribution in [3.05, 3.63) is 12.2 Å². The summed E-state index contributed by atoms with van der Waals surface area (Å²) in [6, 6.07) is 0. The Morgan fingerprint density at radius 2 is 1.93 bits per heavy atom. The molecule has 2 nitrogen and oxygen atoms in total. The first-order chi connectivity index (χ1) is 6.72. The normalized spacial score (nSPS) is 13.3. The molecule has 14 heavy (non-hydrogen) atoms. The van der Waals surface area contributed by atoms with Crippen molar-refractivity contribution in [1.29, 1.82) is 0 Å². The molecule has 0 radical (unpaired) electrons. The Balaban J connectivity index is 3.83.